The van der Waals surface area contributed by atoms with E-state index < -0.39 is 0 Å². The predicted octanol–water partition coefficient (Wildman–Crippen LogP) is -0.214. The molecule has 10 heavy (non-hydrogen) atoms. The van der Waals surface area contributed by atoms with Gasteiger partial charge in [-0.2, -0.15) is 0 Å². The highest BCUT2D eigenvalue weighted by Crippen LogP contribution is 2.25. The Morgan fingerprint density at radius 2 is 1.30 bits per heavy atom. The zero-order valence-corrected chi connectivity index (χ0v) is 6.01. The lowest BCUT2D eigenvalue weighted by Gasteiger charge is -1.98. The first-order valence-electron chi connectivity index (χ1n) is 3.68. The quantitative estimate of drug-likeness (QED) is 0.512. The molecular weight excluding hydrogens is 131 g/mol. The molecule has 2 saturated carbocycles. The van der Waals surface area contributed by atoms with Crippen molar-refractivity contribution >= 4 is 7.69 Å². The number of hydrogen-bond acceptors (Lipinski definition) is 2. The molecule has 3 nitrogen and oxygen atoms in total. The van der Waals surface area contributed by atoms with Gasteiger partial charge in [-0.25, -0.2) is 0 Å². The Bertz CT molecular complexity index is 89.2. The molecule has 2 aliphatic rings. The Labute approximate surface area is 61.3 Å². The maximum Gasteiger partial charge on any atom is 0.438 e. The van der Waals surface area contributed by atoms with Crippen LogP contribution >= 0.6 is 0 Å². The first kappa shape index (κ1) is 8.05. The van der Waals surface area contributed by atoms with E-state index in [1.807, 2.05) is 0 Å². The summed E-state index contributed by atoms with van der Waals surface area (Å²) in [6.07, 6.45) is 6.07. The van der Waals surface area contributed by atoms with E-state index in [9.17, 15) is 0 Å². The average molecular weight is 144 g/mol. The summed E-state index contributed by atoms with van der Waals surface area (Å²) in [6.45, 7) is 0. The largest absolute Gasteiger partial charge is 0.438 e. The number of rotatable bonds is 4. The smallest absolute Gasteiger partial charge is 0.412 e. The second-order valence-electron chi connectivity index (χ2n) is 2.85. The van der Waals surface area contributed by atoms with Crippen molar-refractivity contribution in [2.75, 3.05) is 0 Å². The van der Waals surface area contributed by atoms with Gasteiger partial charge in [0.05, 0.1) is 0 Å². The van der Waals surface area contributed by atoms with Crippen molar-refractivity contribution in [2.24, 2.45) is 0 Å². The molecule has 0 bridgehead atoms. The van der Waals surface area contributed by atoms with E-state index in [2.05, 4.69) is 0 Å². The third-order valence-corrected chi connectivity index (χ3v) is 1.66. The Balaban J connectivity index is 0.000000500. The van der Waals surface area contributed by atoms with E-state index in [1.54, 1.807) is 0 Å². The molecule has 0 spiro atoms. The van der Waals surface area contributed by atoms with Gasteiger partial charge in [0.2, 0.25) is 0 Å². The van der Waals surface area contributed by atoms with E-state index in [0.717, 1.165) is 0 Å². The zero-order valence-electron chi connectivity index (χ0n) is 6.01. The van der Waals surface area contributed by atoms with Crippen LogP contribution in [0.25, 0.3) is 0 Å². The van der Waals surface area contributed by atoms with E-state index in [0.29, 0.717) is 19.9 Å². The molecule has 0 heterocycles. The SMILES string of the molecule is B(OC1CC1)OC1CC1.O. The van der Waals surface area contributed by atoms with Crippen molar-refractivity contribution < 1.29 is 14.8 Å². The van der Waals surface area contributed by atoms with E-state index in [-0.39, 0.29) is 5.48 Å². The van der Waals surface area contributed by atoms with Crippen LogP contribution in [0.15, 0.2) is 0 Å². The first-order chi connectivity index (χ1) is 4.45. The van der Waals surface area contributed by atoms with Gasteiger partial charge in [0.1, 0.15) is 0 Å². The van der Waals surface area contributed by atoms with Crippen LogP contribution < -0.4 is 0 Å². The molecule has 2 fully saturated rings. The molecule has 0 aliphatic heterocycles. The topological polar surface area (TPSA) is 50.0 Å². The van der Waals surface area contributed by atoms with Gasteiger partial charge in [-0.3, -0.25) is 0 Å². The van der Waals surface area contributed by atoms with Gasteiger partial charge in [-0.15, -0.1) is 0 Å². The van der Waals surface area contributed by atoms with Crippen molar-refractivity contribution in [3.05, 3.63) is 0 Å². The molecule has 0 aromatic heterocycles. The highest BCUT2D eigenvalue weighted by Gasteiger charge is 2.26. The Hall–Kier alpha value is -0.0551. The molecule has 2 rings (SSSR count). The highest BCUT2D eigenvalue weighted by molar-refractivity contribution is 6.18. The lowest BCUT2D eigenvalue weighted by atomic mass is 10.4. The minimum absolute atomic E-state index is 0. The molecule has 0 amide bonds. The lowest BCUT2D eigenvalue weighted by molar-refractivity contribution is 0.205. The Morgan fingerprint density at radius 3 is 1.60 bits per heavy atom. The minimum Gasteiger partial charge on any atom is -0.412 e. The van der Waals surface area contributed by atoms with Crippen LogP contribution in [0.1, 0.15) is 25.7 Å². The molecule has 0 saturated heterocycles. The fourth-order valence-corrected chi connectivity index (χ4v) is 0.701. The maximum atomic E-state index is 5.28. The van der Waals surface area contributed by atoms with Gasteiger partial charge in [0.25, 0.3) is 0 Å². The fourth-order valence-electron chi connectivity index (χ4n) is 0.701. The van der Waals surface area contributed by atoms with Crippen molar-refractivity contribution in [1.29, 1.82) is 0 Å². The van der Waals surface area contributed by atoms with Crippen LogP contribution in [0.2, 0.25) is 0 Å². The molecular formula is C6H13BO3. The van der Waals surface area contributed by atoms with Gasteiger partial charge in [-0.05, 0) is 25.7 Å². The molecule has 0 radical (unpaired) electrons. The van der Waals surface area contributed by atoms with Crippen molar-refractivity contribution in [3.63, 3.8) is 0 Å². The summed E-state index contributed by atoms with van der Waals surface area (Å²) in [7, 11) is 0.537. The summed E-state index contributed by atoms with van der Waals surface area (Å²) in [6, 6.07) is 0. The van der Waals surface area contributed by atoms with Crippen LogP contribution in [0, 0.1) is 0 Å². The second kappa shape index (κ2) is 3.37. The molecule has 2 aliphatic carbocycles. The van der Waals surface area contributed by atoms with Crippen LogP contribution in [0.3, 0.4) is 0 Å². The van der Waals surface area contributed by atoms with Gasteiger partial charge in [-0.1, -0.05) is 0 Å². The molecule has 0 unspecified atom stereocenters. The molecule has 0 aromatic rings. The Morgan fingerprint density at radius 1 is 0.900 bits per heavy atom. The summed E-state index contributed by atoms with van der Waals surface area (Å²) in [5, 5.41) is 0. The maximum absolute atomic E-state index is 5.28. The summed E-state index contributed by atoms with van der Waals surface area (Å²) >= 11 is 0. The van der Waals surface area contributed by atoms with E-state index in [1.165, 1.54) is 25.7 Å². The predicted molar refractivity (Wildman–Crippen MR) is 39.0 cm³/mol. The molecule has 0 aromatic carbocycles. The van der Waals surface area contributed by atoms with Crippen molar-refractivity contribution in [1.82, 2.24) is 0 Å². The standard InChI is InChI=1S/C6H11BO2.H2O/c1-2-5(1)8-7-9-6-3-4-6;/h5-7H,1-4H2;1H2. The average Bonchev–Trinajstić information content (AvgIpc) is 2.57. The summed E-state index contributed by atoms with van der Waals surface area (Å²) in [4.78, 5) is 0. The summed E-state index contributed by atoms with van der Waals surface area (Å²) in [5.41, 5.74) is 0. The molecule has 0 atom stereocenters. The Kier molecular flexibility index (Phi) is 2.71. The highest BCUT2D eigenvalue weighted by atomic mass is 16.6. The van der Waals surface area contributed by atoms with Crippen LogP contribution in [0.4, 0.5) is 0 Å². The normalized spacial score (nSPS) is 23.6. The van der Waals surface area contributed by atoms with Gasteiger partial charge in [0.15, 0.2) is 0 Å². The second-order valence-corrected chi connectivity index (χ2v) is 2.85. The van der Waals surface area contributed by atoms with E-state index in [4.69, 9.17) is 9.31 Å². The molecule has 58 valence electrons. The third-order valence-electron chi connectivity index (χ3n) is 1.66. The summed E-state index contributed by atoms with van der Waals surface area (Å²) < 4.78 is 10.6. The van der Waals surface area contributed by atoms with E-state index >= 15 is 0 Å². The van der Waals surface area contributed by atoms with Crippen LogP contribution in [-0.4, -0.2) is 25.4 Å². The molecule has 2 N–H and O–H groups in total. The van der Waals surface area contributed by atoms with Gasteiger partial charge >= 0.3 is 7.69 Å². The van der Waals surface area contributed by atoms with Crippen LogP contribution in [-0.2, 0) is 9.31 Å². The van der Waals surface area contributed by atoms with Crippen molar-refractivity contribution in [2.45, 2.75) is 37.9 Å². The fraction of sp³-hybridized carbons (Fsp3) is 1.00. The number of hydrogen-bond donors (Lipinski definition) is 0. The molecule has 4 heteroatoms. The minimum atomic E-state index is 0. The van der Waals surface area contributed by atoms with Gasteiger partial charge < -0.3 is 14.8 Å². The van der Waals surface area contributed by atoms with Gasteiger partial charge in [0, 0.05) is 12.2 Å². The summed E-state index contributed by atoms with van der Waals surface area (Å²) in [5.74, 6) is 0. The zero-order chi connectivity index (χ0) is 6.10. The van der Waals surface area contributed by atoms with Crippen LogP contribution in [0.5, 0.6) is 0 Å². The van der Waals surface area contributed by atoms with Crippen molar-refractivity contribution in [3.8, 4) is 0 Å². The third kappa shape index (κ3) is 2.69. The monoisotopic (exact) mass is 144 g/mol. The lowest BCUT2D eigenvalue weighted by Crippen LogP contribution is -2.06. The first-order valence-corrected chi connectivity index (χ1v) is 3.68.